The van der Waals surface area contributed by atoms with Gasteiger partial charge in [0.25, 0.3) is 5.69 Å². The number of rotatable bonds is 5. The molecule has 0 radical (unpaired) electrons. The van der Waals surface area contributed by atoms with Gasteiger partial charge in [0, 0.05) is 19.2 Å². The standard InChI is InChI=1S/C13H16N2O5/c1-9-4-3-5-10(15(18)19)12(9)14-7-13(2,8-14)20-6-11(16)17/h3-5H,6-8H2,1-2H3,(H,16,17). The van der Waals surface area contributed by atoms with Gasteiger partial charge in [0.1, 0.15) is 17.9 Å². The summed E-state index contributed by atoms with van der Waals surface area (Å²) in [6.45, 7) is 4.13. The van der Waals surface area contributed by atoms with Crippen LogP contribution in [0.1, 0.15) is 12.5 Å². The molecule has 1 N–H and O–H groups in total. The van der Waals surface area contributed by atoms with Crippen molar-refractivity contribution < 1.29 is 19.6 Å². The molecule has 0 unspecified atom stereocenters. The number of ether oxygens (including phenoxy) is 1. The Labute approximate surface area is 115 Å². The third kappa shape index (κ3) is 2.72. The van der Waals surface area contributed by atoms with Gasteiger partial charge in [-0.15, -0.1) is 0 Å². The van der Waals surface area contributed by atoms with Crippen molar-refractivity contribution in [3.63, 3.8) is 0 Å². The molecule has 1 aromatic rings. The Morgan fingerprint density at radius 1 is 1.55 bits per heavy atom. The third-order valence-corrected chi connectivity index (χ3v) is 3.32. The summed E-state index contributed by atoms with van der Waals surface area (Å²) in [5.74, 6) is -1.02. The maximum absolute atomic E-state index is 11.1. The highest BCUT2D eigenvalue weighted by Crippen LogP contribution is 2.38. The van der Waals surface area contributed by atoms with E-state index in [1.54, 1.807) is 13.0 Å². The van der Waals surface area contributed by atoms with Crippen LogP contribution in [0, 0.1) is 17.0 Å². The summed E-state index contributed by atoms with van der Waals surface area (Å²) in [6.07, 6.45) is 0. The predicted molar refractivity (Wildman–Crippen MR) is 72.0 cm³/mol. The molecule has 0 aliphatic carbocycles. The van der Waals surface area contributed by atoms with Gasteiger partial charge in [-0.3, -0.25) is 10.1 Å². The Morgan fingerprint density at radius 2 is 2.20 bits per heavy atom. The van der Waals surface area contributed by atoms with Crippen molar-refractivity contribution in [2.75, 3.05) is 24.6 Å². The van der Waals surface area contributed by atoms with Crippen LogP contribution in [0.25, 0.3) is 0 Å². The van der Waals surface area contributed by atoms with E-state index in [0.717, 1.165) is 5.56 Å². The third-order valence-electron chi connectivity index (χ3n) is 3.32. The number of nitro benzene ring substituents is 1. The molecule has 1 aliphatic heterocycles. The lowest BCUT2D eigenvalue weighted by Crippen LogP contribution is -2.62. The van der Waals surface area contributed by atoms with E-state index < -0.39 is 16.5 Å². The Balaban J connectivity index is 2.13. The van der Waals surface area contributed by atoms with Crippen molar-refractivity contribution in [3.05, 3.63) is 33.9 Å². The lowest BCUT2D eigenvalue weighted by atomic mass is 9.94. The predicted octanol–water partition coefficient (Wildman–Crippen LogP) is 1.58. The van der Waals surface area contributed by atoms with E-state index in [1.165, 1.54) is 6.07 Å². The van der Waals surface area contributed by atoms with E-state index in [4.69, 9.17) is 9.84 Å². The molecule has 0 aromatic heterocycles. The largest absolute Gasteiger partial charge is 0.480 e. The van der Waals surface area contributed by atoms with E-state index >= 15 is 0 Å². The Bertz CT molecular complexity index is 552. The normalized spacial score (nSPS) is 16.6. The SMILES string of the molecule is Cc1cccc([N+](=O)[O-])c1N1CC(C)(OCC(=O)O)C1. The van der Waals surface area contributed by atoms with Gasteiger partial charge in [-0.05, 0) is 19.4 Å². The highest BCUT2D eigenvalue weighted by Gasteiger charge is 2.42. The smallest absolute Gasteiger partial charge is 0.329 e. The number of hydrogen-bond acceptors (Lipinski definition) is 5. The van der Waals surface area contributed by atoms with Gasteiger partial charge in [0.2, 0.25) is 0 Å². The summed E-state index contributed by atoms with van der Waals surface area (Å²) in [5, 5.41) is 19.7. The molecule has 0 bridgehead atoms. The molecule has 1 heterocycles. The molecular weight excluding hydrogens is 264 g/mol. The first kappa shape index (κ1) is 14.3. The number of nitro groups is 1. The second-order valence-electron chi connectivity index (χ2n) is 5.19. The minimum absolute atomic E-state index is 0.0604. The van der Waals surface area contributed by atoms with Crippen LogP contribution < -0.4 is 4.90 Å². The number of carboxylic acid groups (broad SMARTS) is 1. The number of para-hydroxylation sites is 1. The number of nitrogens with zero attached hydrogens (tertiary/aromatic N) is 2. The fourth-order valence-corrected chi connectivity index (χ4v) is 2.45. The van der Waals surface area contributed by atoms with E-state index in [0.29, 0.717) is 18.8 Å². The lowest BCUT2D eigenvalue weighted by Gasteiger charge is -2.48. The van der Waals surface area contributed by atoms with Crippen LogP contribution in [-0.2, 0) is 9.53 Å². The van der Waals surface area contributed by atoms with Crippen molar-refractivity contribution in [1.82, 2.24) is 0 Å². The van der Waals surface area contributed by atoms with Crippen molar-refractivity contribution in [3.8, 4) is 0 Å². The average molecular weight is 280 g/mol. The van der Waals surface area contributed by atoms with Crippen molar-refractivity contribution in [2.45, 2.75) is 19.4 Å². The number of aryl methyl sites for hydroxylation is 1. The minimum atomic E-state index is -1.02. The molecule has 7 heteroatoms. The minimum Gasteiger partial charge on any atom is -0.480 e. The molecule has 1 aliphatic rings. The van der Waals surface area contributed by atoms with E-state index in [1.807, 2.05) is 17.9 Å². The molecule has 0 spiro atoms. The lowest BCUT2D eigenvalue weighted by molar-refractivity contribution is -0.384. The topological polar surface area (TPSA) is 92.9 Å². The summed E-state index contributed by atoms with van der Waals surface area (Å²) in [6, 6.07) is 4.93. The zero-order valence-electron chi connectivity index (χ0n) is 11.3. The second kappa shape index (κ2) is 5.09. The van der Waals surface area contributed by atoms with Gasteiger partial charge in [-0.2, -0.15) is 0 Å². The number of benzene rings is 1. The highest BCUT2D eigenvalue weighted by atomic mass is 16.6. The first-order valence-electron chi connectivity index (χ1n) is 6.17. The molecule has 2 rings (SSSR count). The Morgan fingerprint density at radius 3 is 2.75 bits per heavy atom. The van der Waals surface area contributed by atoms with Crippen LogP contribution in [0.15, 0.2) is 18.2 Å². The maximum Gasteiger partial charge on any atom is 0.329 e. The van der Waals surface area contributed by atoms with Crippen molar-refractivity contribution in [1.29, 1.82) is 0 Å². The number of aliphatic carboxylic acids is 1. The first-order valence-corrected chi connectivity index (χ1v) is 6.17. The molecule has 1 fully saturated rings. The number of hydrogen-bond donors (Lipinski definition) is 1. The van der Waals surface area contributed by atoms with Gasteiger partial charge in [0.15, 0.2) is 0 Å². The van der Waals surface area contributed by atoms with Crippen molar-refractivity contribution in [2.24, 2.45) is 0 Å². The fourth-order valence-electron chi connectivity index (χ4n) is 2.45. The molecule has 0 atom stereocenters. The molecule has 1 aromatic carbocycles. The van der Waals surface area contributed by atoms with E-state index in [2.05, 4.69) is 0 Å². The quantitative estimate of drug-likeness (QED) is 0.650. The number of carboxylic acids is 1. The summed E-state index contributed by atoms with van der Waals surface area (Å²) >= 11 is 0. The zero-order chi connectivity index (χ0) is 14.9. The van der Waals surface area contributed by atoms with Crippen LogP contribution in [0.4, 0.5) is 11.4 Å². The summed E-state index contributed by atoms with van der Waals surface area (Å²) in [7, 11) is 0. The van der Waals surface area contributed by atoms with E-state index in [-0.39, 0.29) is 12.3 Å². The molecule has 7 nitrogen and oxygen atoms in total. The highest BCUT2D eigenvalue weighted by molar-refractivity contribution is 5.70. The molecule has 0 amide bonds. The molecular formula is C13H16N2O5. The summed E-state index contributed by atoms with van der Waals surface area (Å²) < 4.78 is 5.31. The Kier molecular flexibility index (Phi) is 3.63. The first-order chi connectivity index (χ1) is 9.32. The van der Waals surface area contributed by atoms with Crippen molar-refractivity contribution >= 4 is 17.3 Å². The zero-order valence-corrected chi connectivity index (χ0v) is 11.3. The van der Waals surface area contributed by atoms with Gasteiger partial charge in [-0.1, -0.05) is 12.1 Å². The van der Waals surface area contributed by atoms with Gasteiger partial charge in [0.05, 0.1) is 4.92 Å². The summed E-state index contributed by atoms with van der Waals surface area (Å²) in [4.78, 5) is 23.0. The maximum atomic E-state index is 11.1. The number of carbonyl (C=O) groups is 1. The van der Waals surface area contributed by atoms with Crippen LogP contribution in [-0.4, -0.2) is 41.3 Å². The second-order valence-corrected chi connectivity index (χ2v) is 5.19. The van der Waals surface area contributed by atoms with Crippen LogP contribution in [0.2, 0.25) is 0 Å². The Hall–Kier alpha value is -2.15. The number of anilines is 1. The fraction of sp³-hybridized carbons (Fsp3) is 0.462. The molecule has 20 heavy (non-hydrogen) atoms. The van der Waals surface area contributed by atoms with Gasteiger partial charge in [-0.25, -0.2) is 4.79 Å². The van der Waals surface area contributed by atoms with Crippen LogP contribution in [0.5, 0.6) is 0 Å². The molecule has 1 saturated heterocycles. The van der Waals surface area contributed by atoms with Gasteiger partial charge < -0.3 is 14.7 Å². The molecule has 0 saturated carbocycles. The van der Waals surface area contributed by atoms with E-state index in [9.17, 15) is 14.9 Å². The van der Waals surface area contributed by atoms with Crippen LogP contribution in [0.3, 0.4) is 0 Å². The summed E-state index contributed by atoms with van der Waals surface area (Å²) in [5.41, 5.74) is 0.882. The monoisotopic (exact) mass is 280 g/mol. The van der Waals surface area contributed by atoms with Crippen LogP contribution >= 0.6 is 0 Å². The van der Waals surface area contributed by atoms with Gasteiger partial charge >= 0.3 is 5.97 Å². The molecule has 108 valence electrons. The average Bonchev–Trinajstić information content (AvgIpc) is 2.33.